The van der Waals surface area contributed by atoms with Crippen LogP contribution in [0.25, 0.3) is 0 Å². The van der Waals surface area contributed by atoms with Gasteiger partial charge in [-0.3, -0.25) is 4.79 Å². The Labute approximate surface area is 167 Å². The Kier molecular flexibility index (Phi) is 5.93. The van der Waals surface area contributed by atoms with E-state index in [4.69, 9.17) is 5.73 Å². The summed E-state index contributed by atoms with van der Waals surface area (Å²) in [5, 5.41) is 4.96. The van der Waals surface area contributed by atoms with Crippen LogP contribution < -0.4 is 5.73 Å². The highest BCUT2D eigenvalue weighted by atomic mass is 16.2. The van der Waals surface area contributed by atoms with Gasteiger partial charge in [-0.1, -0.05) is 30.3 Å². The third-order valence-electron chi connectivity index (χ3n) is 6.06. The van der Waals surface area contributed by atoms with Crippen LogP contribution in [0.1, 0.15) is 28.8 Å². The van der Waals surface area contributed by atoms with Crippen LogP contribution >= 0.6 is 0 Å². The molecule has 2 heterocycles. The van der Waals surface area contributed by atoms with E-state index in [0.29, 0.717) is 5.69 Å². The molecule has 148 valence electrons. The van der Waals surface area contributed by atoms with Crippen LogP contribution in [-0.4, -0.2) is 60.1 Å². The zero-order valence-electron chi connectivity index (χ0n) is 16.5. The Morgan fingerprint density at radius 2 is 1.43 bits per heavy atom. The van der Waals surface area contributed by atoms with E-state index >= 15 is 0 Å². The summed E-state index contributed by atoms with van der Waals surface area (Å²) in [5.74, 6) is 0.897. The second-order valence-electron chi connectivity index (χ2n) is 7.95. The molecule has 5 heteroatoms. The number of hydrogen-bond acceptors (Lipinski definition) is 4. The molecule has 1 amide bonds. The van der Waals surface area contributed by atoms with E-state index in [1.165, 1.54) is 24.8 Å². The number of anilines is 1. The Balaban J connectivity index is 1.23. The number of carbonyl (C=O) groups excluding carboxylic acids is 1. The average Bonchev–Trinajstić information content (AvgIpc) is 2.75. The van der Waals surface area contributed by atoms with Gasteiger partial charge in [0.25, 0.3) is 5.91 Å². The zero-order valence-corrected chi connectivity index (χ0v) is 16.5. The molecule has 0 unspecified atom stereocenters. The first-order valence-electron chi connectivity index (χ1n) is 10.4. The van der Waals surface area contributed by atoms with Crippen molar-refractivity contribution in [2.45, 2.75) is 19.3 Å². The Bertz CT molecular complexity index is 761. The van der Waals surface area contributed by atoms with Crippen molar-refractivity contribution < 1.29 is 4.79 Å². The predicted molar refractivity (Wildman–Crippen MR) is 113 cm³/mol. The number of nitrogens with two attached hydrogens (primary N) is 1. The molecular formula is C23H30N4O. The van der Waals surface area contributed by atoms with E-state index in [1.807, 2.05) is 17.0 Å². The van der Waals surface area contributed by atoms with E-state index in [1.54, 1.807) is 12.1 Å². The summed E-state index contributed by atoms with van der Waals surface area (Å²) in [6, 6.07) is 18.1. The Hall–Kier alpha value is -2.37. The summed E-state index contributed by atoms with van der Waals surface area (Å²) < 4.78 is 0. The van der Waals surface area contributed by atoms with Gasteiger partial charge in [-0.15, -0.1) is 0 Å². The van der Waals surface area contributed by atoms with Crippen LogP contribution in [0.15, 0.2) is 54.6 Å². The molecule has 28 heavy (non-hydrogen) atoms. The molecular weight excluding hydrogens is 348 g/mol. The number of rotatable bonds is 4. The smallest absolute Gasteiger partial charge is 0.253 e. The zero-order chi connectivity index (χ0) is 19.3. The number of amides is 1. The van der Waals surface area contributed by atoms with Crippen molar-refractivity contribution in [1.82, 2.24) is 14.9 Å². The molecule has 0 atom stereocenters. The first-order valence-corrected chi connectivity index (χ1v) is 10.4. The number of nitrogen functional groups attached to an aromatic ring is 1. The average molecular weight is 379 g/mol. The van der Waals surface area contributed by atoms with Crippen molar-refractivity contribution in [3.63, 3.8) is 0 Å². The van der Waals surface area contributed by atoms with Gasteiger partial charge < -0.3 is 10.6 Å². The number of piperidine rings is 1. The van der Waals surface area contributed by atoms with Crippen LogP contribution in [-0.2, 0) is 6.42 Å². The standard InChI is InChI=1S/C23H30N4O/c24-22-8-6-21(7-9-22)23(28)25-14-16-27(17-15-25)26-12-10-20(11-13-26)18-19-4-2-1-3-5-19/h1-9,20H,10-18,24H2. The lowest BCUT2D eigenvalue weighted by Crippen LogP contribution is -2.56. The van der Waals surface area contributed by atoms with Crippen LogP contribution in [0.3, 0.4) is 0 Å². The normalized spacial score (nSPS) is 19.6. The van der Waals surface area contributed by atoms with E-state index in [2.05, 4.69) is 40.3 Å². The van der Waals surface area contributed by atoms with Crippen molar-refractivity contribution in [3.05, 3.63) is 65.7 Å². The minimum atomic E-state index is 0.112. The maximum absolute atomic E-state index is 12.7. The molecule has 2 aliphatic heterocycles. The minimum absolute atomic E-state index is 0.112. The van der Waals surface area contributed by atoms with E-state index < -0.39 is 0 Å². The quantitative estimate of drug-likeness (QED) is 0.831. The molecule has 2 aliphatic rings. The third-order valence-corrected chi connectivity index (χ3v) is 6.06. The fourth-order valence-corrected chi connectivity index (χ4v) is 4.34. The second-order valence-corrected chi connectivity index (χ2v) is 7.95. The topological polar surface area (TPSA) is 52.8 Å². The van der Waals surface area contributed by atoms with Crippen molar-refractivity contribution in [2.75, 3.05) is 45.0 Å². The maximum Gasteiger partial charge on any atom is 0.253 e. The Morgan fingerprint density at radius 3 is 2.07 bits per heavy atom. The highest BCUT2D eigenvalue weighted by Crippen LogP contribution is 2.23. The molecule has 0 bridgehead atoms. The van der Waals surface area contributed by atoms with Gasteiger partial charge in [0.15, 0.2) is 0 Å². The molecule has 2 N–H and O–H groups in total. The van der Waals surface area contributed by atoms with Gasteiger partial charge in [0.05, 0.1) is 0 Å². The third kappa shape index (κ3) is 4.54. The second kappa shape index (κ2) is 8.76. The van der Waals surface area contributed by atoms with Gasteiger partial charge in [-0.25, -0.2) is 10.0 Å². The van der Waals surface area contributed by atoms with E-state index in [9.17, 15) is 4.79 Å². The largest absolute Gasteiger partial charge is 0.399 e. The number of carbonyl (C=O) groups is 1. The van der Waals surface area contributed by atoms with Crippen molar-refractivity contribution in [2.24, 2.45) is 5.92 Å². The molecule has 4 rings (SSSR count). The molecule has 0 aromatic heterocycles. The number of benzene rings is 2. The first-order chi connectivity index (χ1) is 13.7. The summed E-state index contributed by atoms with van der Waals surface area (Å²) in [6.45, 7) is 5.67. The molecule has 2 saturated heterocycles. The summed E-state index contributed by atoms with van der Waals surface area (Å²) in [6.07, 6.45) is 3.69. The molecule has 0 saturated carbocycles. The molecule has 2 fully saturated rings. The van der Waals surface area contributed by atoms with Crippen LogP contribution in [0, 0.1) is 5.92 Å². The maximum atomic E-state index is 12.7. The summed E-state index contributed by atoms with van der Waals surface area (Å²) in [7, 11) is 0. The lowest BCUT2D eigenvalue weighted by molar-refractivity contribution is -0.0713. The molecule has 5 nitrogen and oxygen atoms in total. The number of hydrazine groups is 1. The minimum Gasteiger partial charge on any atom is -0.399 e. The molecule has 0 spiro atoms. The van der Waals surface area contributed by atoms with E-state index in [0.717, 1.165) is 50.7 Å². The van der Waals surface area contributed by atoms with Crippen LogP contribution in [0.5, 0.6) is 0 Å². The van der Waals surface area contributed by atoms with Crippen molar-refractivity contribution in [1.29, 1.82) is 0 Å². The van der Waals surface area contributed by atoms with Gasteiger partial charge in [-0.05, 0) is 55.0 Å². The van der Waals surface area contributed by atoms with Crippen LogP contribution in [0.2, 0.25) is 0 Å². The lowest BCUT2D eigenvalue weighted by atomic mass is 9.91. The van der Waals surface area contributed by atoms with E-state index in [-0.39, 0.29) is 5.91 Å². The SMILES string of the molecule is Nc1ccc(C(=O)N2CCN(N3CCC(Cc4ccccc4)CC3)CC2)cc1. The van der Waals surface area contributed by atoms with Crippen molar-refractivity contribution in [3.8, 4) is 0 Å². The fraction of sp³-hybridized carbons (Fsp3) is 0.435. The first kappa shape index (κ1) is 19.0. The summed E-state index contributed by atoms with van der Waals surface area (Å²) >= 11 is 0. The van der Waals surface area contributed by atoms with Gasteiger partial charge in [0, 0.05) is 50.5 Å². The Morgan fingerprint density at radius 1 is 0.821 bits per heavy atom. The molecule has 0 aliphatic carbocycles. The fourth-order valence-electron chi connectivity index (χ4n) is 4.34. The highest BCUT2D eigenvalue weighted by Gasteiger charge is 2.28. The van der Waals surface area contributed by atoms with Gasteiger partial charge in [0.2, 0.25) is 0 Å². The summed E-state index contributed by atoms with van der Waals surface area (Å²) in [4.78, 5) is 14.6. The lowest BCUT2D eigenvalue weighted by Gasteiger charge is -2.44. The predicted octanol–water partition coefficient (Wildman–Crippen LogP) is 2.90. The highest BCUT2D eigenvalue weighted by molar-refractivity contribution is 5.94. The number of nitrogens with zero attached hydrogens (tertiary/aromatic N) is 3. The van der Waals surface area contributed by atoms with Crippen LogP contribution in [0.4, 0.5) is 5.69 Å². The van der Waals surface area contributed by atoms with Gasteiger partial charge >= 0.3 is 0 Å². The van der Waals surface area contributed by atoms with Gasteiger partial charge in [0.1, 0.15) is 0 Å². The number of piperazine rings is 1. The number of hydrogen-bond donors (Lipinski definition) is 1. The molecule has 2 aromatic rings. The molecule has 0 radical (unpaired) electrons. The monoisotopic (exact) mass is 378 g/mol. The van der Waals surface area contributed by atoms with Gasteiger partial charge in [-0.2, -0.15) is 0 Å². The summed E-state index contributed by atoms with van der Waals surface area (Å²) in [5.41, 5.74) is 8.59. The molecule has 2 aromatic carbocycles. The van der Waals surface area contributed by atoms with Crippen molar-refractivity contribution >= 4 is 11.6 Å².